The van der Waals surface area contributed by atoms with E-state index in [2.05, 4.69) is 51.3 Å². The predicted octanol–water partition coefficient (Wildman–Crippen LogP) is 4.21. The summed E-state index contributed by atoms with van der Waals surface area (Å²) in [5.74, 6) is 0. The highest BCUT2D eigenvalue weighted by atomic mass is 79.9. The molecule has 0 saturated heterocycles. The summed E-state index contributed by atoms with van der Waals surface area (Å²) in [6.45, 7) is 6.18. The fourth-order valence-corrected chi connectivity index (χ4v) is 3.30. The maximum absolute atomic E-state index is 12.2. The fourth-order valence-electron chi connectivity index (χ4n) is 2.07. The number of anilines is 1. The zero-order valence-electron chi connectivity index (χ0n) is 11.9. The van der Waals surface area contributed by atoms with E-state index in [9.17, 15) is 4.79 Å². The highest BCUT2D eigenvalue weighted by Gasteiger charge is 2.15. The van der Waals surface area contributed by atoms with Crippen molar-refractivity contribution in [2.45, 2.75) is 32.4 Å². The first kappa shape index (κ1) is 16.0. The van der Waals surface area contributed by atoms with Gasteiger partial charge in [-0.15, -0.1) is 17.9 Å². The van der Waals surface area contributed by atoms with Crippen molar-refractivity contribution in [3.63, 3.8) is 0 Å². The van der Waals surface area contributed by atoms with Gasteiger partial charge in [0.1, 0.15) is 4.47 Å². The minimum absolute atomic E-state index is 0.152. The molecule has 0 saturated carbocycles. The topological polar surface area (TPSA) is 46.9 Å². The Kier molecular flexibility index (Phi) is 5.76. The predicted molar refractivity (Wildman–Crippen MR) is 92.0 cm³/mol. The summed E-state index contributed by atoms with van der Waals surface area (Å²) in [6, 6.07) is 4.35. The molecular weight excluding hydrogens is 350 g/mol. The molecule has 0 bridgehead atoms. The van der Waals surface area contributed by atoms with Crippen LogP contribution in [0.2, 0.25) is 0 Å². The van der Waals surface area contributed by atoms with Gasteiger partial charge in [0, 0.05) is 4.88 Å². The molecular formula is C15H18BrN3OS. The number of halogens is 1. The first-order valence-corrected chi connectivity index (χ1v) is 8.51. The third kappa shape index (κ3) is 3.83. The van der Waals surface area contributed by atoms with E-state index < -0.39 is 0 Å². The zero-order chi connectivity index (χ0) is 15.2. The summed E-state index contributed by atoms with van der Waals surface area (Å²) in [5, 5.41) is 9.65. The second-order valence-corrected chi connectivity index (χ2v) is 6.42. The van der Waals surface area contributed by atoms with Crippen LogP contribution in [0.5, 0.6) is 0 Å². The van der Waals surface area contributed by atoms with Crippen LogP contribution >= 0.6 is 27.3 Å². The Bertz CT molecular complexity index is 651. The summed E-state index contributed by atoms with van der Waals surface area (Å²) in [4.78, 5) is 13.4. The third-order valence-corrected chi connectivity index (χ3v) is 4.83. The first-order valence-electron chi connectivity index (χ1n) is 6.83. The molecule has 0 amide bonds. The summed E-state index contributed by atoms with van der Waals surface area (Å²) >= 11 is 5.09. The molecule has 0 aliphatic heterocycles. The summed E-state index contributed by atoms with van der Waals surface area (Å²) in [7, 11) is 0. The van der Waals surface area contributed by atoms with Gasteiger partial charge in [0.2, 0.25) is 0 Å². The van der Waals surface area contributed by atoms with Gasteiger partial charge >= 0.3 is 0 Å². The smallest absolute Gasteiger partial charge is 0.283 e. The van der Waals surface area contributed by atoms with Crippen LogP contribution < -0.4 is 10.9 Å². The standard InChI is InChI=1S/C15H18BrN3OS/c1-3-6-11(13-7-5-9-21-13)18-12-10-17-19(8-4-2)15(20)14(12)16/h4-5,7,9-11,18H,2-3,6,8H2,1H3. The molecule has 0 fully saturated rings. The maximum atomic E-state index is 12.2. The molecule has 2 heterocycles. The van der Waals surface area contributed by atoms with Crippen molar-refractivity contribution < 1.29 is 0 Å². The van der Waals surface area contributed by atoms with Crippen LogP contribution in [0.4, 0.5) is 5.69 Å². The van der Waals surface area contributed by atoms with E-state index in [4.69, 9.17) is 0 Å². The molecule has 1 unspecified atom stereocenters. The molecule has 2 rings (SSSR count). The number of thiophene rings is 1. The summed E-state index contributed by atoms with van der Waals surface area (Å²) in [6.07, 6.45) is 5.40. The van der Waals surface area contributed by atoms with Crippen LogP contribution in [0, 0.1) is 0 Å². The molecule has 2 aromatic heterocycles. The largest absolute Gasteiger partial charge is 0.375 e. The maximum Gasteiger partial charge on any atom is 0.283 e. The van der Waals surface area contributed by atoms with Gasteiger partial charge in [0.25, 0.3) is 5.56 Å². The van der Waals surface area contributed by atoms with E-state index in [1.54, 1.807) is 23.6 Å². The Morgan fingerprint density at radius 2 is 2.43 bits per heavy atom. The fraction of sp³-hybridized carbons (Fsp3) is 0.333. The van der Waals surface area contributed by atoms with Gasteiger partial charge in [0.15, 0.2) is 0 Å². The molecule has 0 aliphatic carbocycles. The molecule has 2 aromatic rings. The highest BCUT2D eigenvalue weighted by molar-refractivity contribution is 9.10. The average Bonchev–Trinajstić information content (AvgIpc) is 3.00. The monoisotopic (exact) mass is 367 g/mol. The van der Waals surface area contributed by atoms with E-state index >= 15 is 0 Å². The van der Waals surface area contributed by atoms with Gasteiger partial charge in [-0.25, -0.2) is 4.68 Å². The molecule has 4 nitrogen and oxygen atoms in total. The Morgan fingerprint density at radius 3 is 3.05 bits per heavy atom. The lowest BCUT2D eigenvalue weighted by Gasteiger charge is -2.19. The number of aromatic nitrogens is 2. The van der Waals surface area contributed by atoms with E-state index in [-0.39, 0.29) is 11.6 Å². The normalized spacial score (nSPS) is 12.1. The van der Waals surface area contributed by atoms with Crippen molar-refractivity contribution >= 4 is 33.0 Å². The van der Waals surface area contributed by atoms with Crippen molar-refractivity contribution in [3.8, 4) is 0 Å². The molecule has 0 aromatic carbocycles. The van der Waals surface area contributed by atoms with E-state index in [1.807, 2.05) is 6.07 Å². The van der Waals surface area contributed by atoms with Crippen molar-refractivity contribution in [1.29, 1.82) is 0 Å². The van der Waals surface area contributed by atoms with Gasteiger partial charge in [-0.3, -0.25) is 4.79 Å². The van der Waals surface area contributed by atoms with Crippen LogP contribution in [0.3, 0.4) is 0 Å². The minimum Gasteiger partial charge on any atom is -0.375 e. The lowest BCUT2D eigenvalue weighted by Crippen LogP contribution is -2.24. The molecule has 6 heteroatoms. The molecule has 0 radical (unpaired) electrons. The Labute approximate surface area is 136 Å². The zero-order valence-corrected chi connectivity index (χ0v) is 14.3. The van der Waals surface area contributed by atoms with Crippen LogP contribution in [-0.4, -0.2) is 9.78 Å². The first-order chi connectivity index (χ1) is 10.2. The molecule has 21 heavy (non-hydrogen) atoms. The quantitative estimate of drug-likeness (QED) is 0.745. The van der Waals surface area contributed by atoms with Crippen molar-refractivity contribution in [3.05, 3.63) is 56.1 Å². The second kappa shape index (κ2) is 7.56. The third-order valence-electron chi connectivity index (χ3n) is 3.08. The second-order valence-electron chi connectivity index (χ2n) is 4.65. The van der Waals surface area contributed by atoms with E-state index in [0.29, 0.717) is 11.0 Å². The lowest BCUT2D eigenvalue weighted by atomic mass is 10.1. The van der Waals surface area contributed by atoms with Crippen LogP contribution in [0.15, 0.2) is 45.6 Å². The number of allylic oxidation sites excluding steroid dienone is 1. The Morgan fingerprint density at radius 1 is 1.62 bits per heavy atom. The molecule has 1 N–H and O–H groups in total. The van der Waals surface area contributed by atoms with Gasteiger partial charge in [-0.1, -0.05) is 25.5 Å². The number of rotatable bonds is 7. The van der Waals surface area contributed by atoms with Crippen LogP contribution in [-0.2, 0) is 6.54 Å². The summed E-state index contributed by atoms with van der Waals surface area (Å²) in [5.41, 5.74) is 0.577. The van der Waals surface area contributed by atoms with Crippen molar-refractivity contribution in [2.24, 2.45) is 0 Å². The van der Waals surface area contributed by atoms with Gasteiger partial charge in [0.05, 0.1) is 24.5 Å². The number of hydrogen-bond donors (Lipinski definition) is 1. The molecule has 0 aliphatic rings. The van der Waals surface area contributed by atoms with Gasteiger partial charge in [-0.05, 0) is 33.8 Å². The van der Waals surface area contributed by atoms with Crippen LogP contribution in [0.1, 0.15) is 30.7 Å². The molecule has 0 spiro atoms. The van der Waals surface area contributed by atoms with Crippen LogP contribution in [0.25, 0.3) is 0 Å². The highest BCUT2D eigenvalue weighted by Crippen LogP contribution is 2.29. The Hall–Kier alpha value is -1.40. The lowest BCUT2D eigenvalue weighted by molar-refractivity contribution is 0.642. The van der Waals surface area contributed by atoms with Gasteiger partial charge in [-0.2, -0.15) is 5.10 Å². The summed E-state index contributed by atoms with van der Waals surface area (Å²) < 4.78 is 1.89. The Balaban J connectivity index is 2.27. The molecule has 1 atom stereocenters. The SMILES string of the molecule is C=CCn1ncc(NC(CCC)c2cccs2)c(Br)c1=O. The van der Waals surface area contributed by atoms with Crippen molar-refractivity contribution in [2.75, 3.05) is 5.32 Å². The number of nitrogens with zero attached hydrogens (tertiary/aromatic N) is 2. The van der Waals surface area contributed by atoms with Crippen molar-refractivity contribution in [1.82, 2.24) is 9.78 Å². The average molecular weight is 368 g/mol. The van der Waals surface area contributed by atoms with E-state index in [0.717, 1.165) is 18.5 Å². The number of nitrogens with one attached hydrogen (secondary N) is 1. The van der Waals surface area contributed by atoms with E-state index in [1.165, 1.54) is 9.56 Å². The van der Waals surface area contributed by atoms with Gasteiger partial charge < -0.3 is 5.32 Å². The minimum atomic E-state index is -0.152. The number of hydrogen-bond acceptors (Lipinski definition) is 4. The molecule has 112 valence electrons.